The van der Waals surface area contributed by atoms with Gasteiger partial charge in [0.05, 0.1) is 11.7 Å². The van der Waals surface area contributed by atoms with Crippen molar-refractivity contribution < 1.29 is 0 Å². The van der Waals surface area contributed by atoms with E-state index < -0.39 is 0 Å². The molecular formula is C8H6N2. The van der Waals surface area contributed by atoms with E-state index in [1.807, 2.05) is 18.1 Å². The van der Waals surface area contributed by atoms with Crippen LogP contribution in [0.4, 0.5) is 5.69 Å². The lowest BCUT2D eigenvalue weighted by Crippen LogP contribution is -1.99. The van der Waals surface area contributed by atoms with E-state index in [4.69, 9.17) is 5.41 Å². The second kappa shape index (κ2) is 1.79. The van der Waals surface area contributed by atoms with E-state index in [9.17, 15) is 0 Å². The van der Waals surface area contributed by atoms with Gasteiger partial charge in [0.1, 0.15) is 0 Å². The Morgan fingerprint density at radius 3 is 2.80 bits per heavy atom. The summed E-state index contributed by atoms with van der Waals surface area (Å²) in [5, 5.41) is 6.64. The summed E-state index contributed by atoms with van der Waals surface area (Å²) in [4.78, 5) is 3.77. The number of hydrogen-bond donors (Lipinski definition) is 1. The SMILES string of the molecule is N=C=Nc1ccc2cc1C2. The fourth-order valence-electron chi connectivity index (χ4n) is 1.15. The summed E-state index contributed by atoms with van der Waals surface area (Å²) in [6.45, 7) is 0. The Labute approximate surface area is 58.7 Å². The average Bonchev–Trinajstić information content (AvgIpc) is 1.87. The summed E-state index contributed by atoms with van der Waals surface area (Å²) in [5.41, 5.74) is 3.49. The van der Waals surface area contributed by atoms with Gasteiger partial charge in [-0.15, -0.1) is 0 Å². The highest BCUT2D eigenvalue weighted by atomic mass is 14.7. The normalized spacial score (nSPS) is 11.6. The van der Waals surface area contributed by atoms with Crippen molar-refractivity contribution in [3.8, 4) is 0 Å². The maximum absolute atomic E-state index is 6.64. The van der Waals surface area contributed by atoms with Crippen LogP contribution in [0.25, 0.3) is 0 Å². The Bertz CT molecular complexity index is 318. The third-order valence-corrected chi connectivity index (χ3v) is 1.71. The van der Waals surface area contributed by atoms with E-state index in [1.54, 1.807) is 0 Å². The molecule has 3 rings (SSSR count). The Hall–Kier alpha value is -1.40. The zero-order valence-corrected chi connectivity index (χ0v) is 5.39. The third kappa shape index (κ3) is 0.598. The predicted octanol–water partition coefficient (Wildman–Crippen LogP) is 1.97. The van der Waals surface area contributed by atoms with Crippen molar-refractivity contribution in [2.75, 3.05) is 0 Å². The smallest absolute Gasteiger partial charge is 0.0918 e. The van der Waals surface area contributed by atoms with Crippen molar-refractivity contribution in [2.24, 2.45) is 4.99 Å². The number of nitrogens with one attached hydrogen (secondary N) is 1. The second-order valence-corrected chi connectivity index (χ2v) is 2.36. The Kier molecular flexibility index (Phi) is 0.965. The van der Waals surface area contributed by atoms with Crippen LogP contribution >= 0.6 is 0 Å². The number of rotatable bonds is 1. The quantitative estimate of drug-likeness (QED) is 0.573. The van der Waals surface area contributed by atoms with Crippen LogP contribution in [0.15, 0.2) is 23.2 Å². The molecule has 0 saturated carbocycles. The van der Waals surface area contributed by atoms with Gasteiger partial charge >= 0.3 is 0 Å². The lowest BCUT2D eigenvalue weighted by atomic mass is 9.92. The first-order valence-corrected chi connectivity index (χ1v) is 3.14. The molecule has 0 saturated heterocycles. The fraction of sp³-hybridized carbons (Fsp3) is 0.125. The average molecular weight is 130 g/mol. The van der Waals surface area contributed by atoms with E-state index in [0.29, 0.717) is 0 Å². The van der Waals surface area contributed by atoms with Crippen molar-refractivity contribution in [3.63, 3.8) is 0 Å². The summed E-state index contributed by atoms with van der Waals surface area (Å²) in [6.07, 6.45) is 1.02. The van der Waals surface area contributed by atoms with Crippen molar-refractivity contribution in [3.05, 3.63) is 29.3 Å². The molecule has 0 heterocycles. The van der Waals surface area contributed by atoms with Crippen LogP contribution < -0.4 is 0 Å². The summed E-state index contributed by atoms with van der Waals surface area (Å²) < 4.78 is 0. The molecule has 10 heavy (non-hydrogen) atoms. The van der Waals surface area contributed by atoms with Crippen molar-refractivity contribution in [2.45, 2.75) is 6.42 Å². The standard InChI is InChI=1S/C8H6N2/c9-5-10-8-2-1-6-3-7(8)4-6/h1-3,9H,4H2. The maximum atomic E-state index is 6.64. The highest BCUT2D eigenvalue weighted by Crippen LogP contribution is 2.30. The van der Waals surface area contributed by atoms with Gasteiger partial charge in [-0.3, -0.25) is 0 Å². The Balaban J connectivity index is 2.56. The zero-order chi connectivity index (χ0) is 6.97. The summed E-state index contributed by atoms with van der Waals surface area (Å²) in [7, 11) is 0. The minimum Gasteiger partial charge on any atom is -0.241 e. The Morgan fingerprint density at radius 1 is 1.50 bits per heavy atom. The monoisotopic (exact) mass is 130 g/mol. The summed E-state index contributed by atoms with van der Waals surface area (Å²) in [6, 6.07) is 8.08. The molecule has 2 aliphatic rings. The van der Waals surface area contributed by atoms with Gasteiger partial charge in [0, 0.05) is 0 Å². The van der Waals surface area contributed by atoms with Crippen LogP contribution in [-0.4, -0.2) is 6.01 Å². The zero-order valence-electron chi connectivity index (χ0n) is 5.39. The number of hydrogen-bond acceptors (Lipinski definition) is 2. The lowest BCUT2D eigenvalue weighted by Gasteiger charge is -2.15. The predicted molar refractivity (Wildman–Crippen MR) is 39.1 cm³/mol. The van der Waals surface area contributed by atoms with Crippen LogP contribution in [0.1, 0.15) is 11.1 Å². The van der Waals surface area contributed by atoms with Gasteiger partial charge in [0.2, 0.25) is 0 Å². The molecule has 1 aromatic carbocycles. The highest BCUT2D eigenvalue weighted by Gasteiger charge is 2.11. The molecule has 2 nitrogen and oxygen atoms in total. The minimum absolute atomic E-state index is 0.894. The van der Waals surface area contributed by atoms with Crippen LogP contribution in [0.3, 0.4) is 0 Å². The molecule has 48 valence electrons. The first-order valence-electron chi connectivity index (χ1n) is 3.14. The molecule has 2 heteroatoms. The molecule has 0 aromatic heterocycles. The molecule has 1 N–H and O–H groups in total. The van der Waals surface area contributed by atoms with E-state index in [1.165, 1.54) is 11.1 Å². The molecule has 0 unspecified atom stereocenters. The first kappa shape index (κ1) is 5.39. The highest BCUT2D eigenvalue weighted by molar-refractivity contribution is 5.60. The van der Waals surface area contributed by atoms with Crippen LogP contribution in [-0.2, 0) is 6.42 Å². The van der Waals surface area contributed by atoms with Crippen LogP contribution in [0.5, 0.6) is 0 Å². The van der Waals surface area contributed by atoms with Gasteiger partial charge < -0.3 is 0 Å². The largest absolute Gasteiger partial charge is 0.241 e. The Morgan fingerprint density at radius 2 is 2.30 bits per heavy atom. The van der Waals surface area contributed by atoms with Crippen molar-refractivity contribution in [1.29, 1.82) is 5.41 Å². The topological polar surface area (TPSA) is 36.2 Å². The number of aliphatic imine (C=N–C) groups is 1. The van der Waals surface area contributed by atoms with E-state index in [0.717, 1.165) is 12.1 Å². The fourth-order valence-corrected chi connectivity index (χ4v) is 1.15. The summed E-state index contributed by atoms with van der Waals surface area (Å²) >= 11 is 0. The molecule has 0 aliphatic heterocycles. The van der Waals surface area contributed by atoms with Gasteiger partial charge in [0.15, 0.2) is 0 Å². The molecule has 0 atom stereocenters. The number of fused-ring (bicyclic) bond motifs is 2. The first-order chi connectivity index (χ1) is 4.90. The molecule has 1 aromatic rings. The van der Waals surface area contributed by atoms with Crippen molar-refractivity contribution >= 4 is 11.7 Å². The lowest BCUT2D eigenvalue weighted by molar-refractivity contribution is 1.08. The molecule has 0 radical (unpaired) electrons. The third-order valence-electron chi connectivity index (χ3n) is 1.71. The van der Waals surface area contributed by atoms with Crippen molar-refractivity contribution in [1.82, 2.24) is 0 Å². The van der Waals surface area contributed by atoms with E-state index in [2.05, 4.69) is 11.1 Å². The number of nitrogens with zero attached hydrogens (tertiary/aromatic N) is 1. The molecular weight excluding hydrogens is 124 g/mol. The molecule has 0 fully saturated rings. The van der Waals surface area contributed by atoms with Crippen LogP contribution in [0, 0.1) is 5.41 Å². The summed E-state index contributed by atoms with van der Waals surface area (Å²) in [5.74, 6) is 0. The number of benzene rings is 1. The minimum atomic E-state index is 0.894. The van der Waals surface area contributed by atoms with E-state index >= 15 is 0 Å². The molecule has 0 spiro atoms. The van der Waals surface area contributed by atoms with Gasteiger partial charge in [-0.05, 0) is 23.6 Å². The molecule has 2 bridgehead atoms. The molecule has 2 aliphatic carbocycles. The maximum Gasteiger partial charge on any atom is 0.0918 e. The van der Waals surface area contributed by atoms with Gasteiger partial charge in [0.25, 0.3) is 0 Å². The second-order valence-electron chi connectivity index (χ2n) is 2.36. The van der Waals surface area contributed by atoms with Gasteiger partial charge in [-0.1, -0.05) is 12.1 Å². The van der Waals surface area contributed by atoms with E-state index in [-0.39, 0.29) is 0 Å². The molecule has 0 amide bonds. The van der Waals surface area contributed by atoms with Crippen LogP contribution in [0.2, 0.25) is 0 Å². The van der Waals surface area contributed by atoms with Gasteiger partial charge in [-0.2, -0.15) is 4.99 Å². The van der Waals surface area contributed by atoms with Gasteiger partial charge in [-0.25, -0.2) is 5.41 Å².